The Balaban J connectivity index is 2.06. The first-order chi connectivity index (χ1) is 14.8. The van der Waals surface area contributed by atoms with Crippen LogP contribution < -0.4 is 0 Å². The Bertz CT molecular complexity index is 452. The molecule has 1 N–H and O–H groups in total. The number of quaternary nitrogens is 1. The van der Waals surface area contributed by atoms with Crippen LogP contribution in [0.2, 0.25) is 0 Å². The van der Waals surface area contributed by atoms with Crippen molar-refractivity contribution in [1.29, 1.82) is 0 Å². The molecule has 176 valence electrons. The lowest BCUT2D eigenvalue weighted by molar-refractivity contribution is -0.834. The van der Waals surface area contributed by atoms with Gasteiger partial charge in [-0.2, -0.15) is 0 Å². The average molecular weight is 442 g/mol. The number of aliphatic hydroxyl groups excluding tert-OH is 1. The van der Waals surface area contributed by atoms with Crippen LogP contribution in [0.3, 0.4) is 0 Å². The first-order valence-electron chi connectivity index (χ1n) is 13.0. The van der Waals surface area contributed by atoms with E-state index in [1.165, 1.54) is 89.3 Å². The van der Waals surface area contributed by atoms with E-state index < -0.39 is 0 Å². The summed E-state index contributed by atoms with van der Waals surface area (Å²) in [6.07, 6.45) is 26.1. The Labute approximate surface area is 192 Å². The summed E-state index contributed by atoms with van der Waals surface area (Å²) in [5, 5.41) is 9.55. The molecule has 0 spiro atoms. The molecule has 0 bridgehead atoms. The summed E-state index contributed by atoms with van der Waals surface area (Å²) < 4.78 is 0.850. The van der Waals surface area contributed by atoms with Crippen molar-refractivity contribution in [3.05, 3.63) is 12.2 Å². The molecule has 3 nitrogen and oxygen atoms in total. The van der Waals surface area contributed by atoms with Crippen LogP contribution in [0, 0.1) is 0 Å². The maximum absolute atomic E-state index is 9.55. The fourth-order valence-electron chi connectivity index (χ4n) is 4.56. The highest BCUT2D eigenvalue weighted by Gasteiger charge is 2.35. The largest absolute Gasteiger partial charge is 0.390 e. The van der Waals surface area contributed by atoms with Crippen molar-refractivity contribution in [3.63, 3.8) is 0 Å². The molecule has 1 aliphatic heterocycles. The fraction of sp³-hybridized carbons (Fsp3) is 0.885. The Morgan fingerprint density at radius 1 is 0.833 bits per heavy atom. The van der Waals surface area contributed by atoms with Gasteiger partial charge in [-0.3, -0.25) is 4.48 Å². The number of aliphatic hydroxyl groups is 1. The first-order valence-corrected chi connectivity index (χ1v) is 13.6. The van der Waals surface area contributed by atoms with Gasteiger partial charge in [0.2, 0.25) is 5.84 Å². The molecule has 1 aliphatic rings. The van der Waals surface area contributed by atoms with Gasteiger partial charge in [-0.05, 0) is 25.7 Å². The summed E-state index contributed by atoms with van der Waals surface area (Å²) in [6.45, 7) is 6.27. The second kappa shape index (κ2) is 19.3. The van der Waals surface area contributed by atoms with Crippen molar-refractivity contribution >= 4 is 17.4 Å². The monoisotopic (exact) mass is 441 g/mol. The van der Waals surface area contributed by atoms with Crippen molar-refractivity contribution in [2.75, 3.05) is 38.7 Å². The van der Waals surface area contributed by atoms with Gasteiger partial charge in [0.25, 0.3) is 0 Å². The zero-order valence-electron chi connectivity index (χ0n) is 19.9. The van der Waals surface area contributed by atoms with E-state index in [2.05, 4.69) is 19.1 Å². The Hall–Kier alpha value is -0.380. The summed E-state index contributed by atoms with van der Waals surface area (Å²) in [7, 11) is 0. The third-order valence-electron chi connectivity index (χ3n) is 6.53. The number of nitrogens with zero attached hydrogens (tertiary/aromatic N) is 2. The van der Waals surface area contributed by atoms with Gasteiger partial charge in [-0.1, -0.05) is 90.0 Å². The number of halogens is 1. The number of alkyl halides is 1. The van der Waals surface area contributed by atoms with Crippen molar-refractivity contribution < 1.29 is 9.59 Å². The van der Waals surface area contributed by atoms with Gasteiger partial charge >= 0.3 is 0 Å². The number of hydrogen-bond donors (Lipinski definition) is 1. The summed E-state index contributed by atoms with van der Waals surface area (Å²) in [5.41, 5.74) is 0. The van der Waals surface area contributed by atoms with Crippen molar-refractivity contribution in [2.24, 2.45) is 4.99 Å². The third kappa shape index (κ3) is 12.5. The second-order valence-corrected chi connectivity index (χ2v) is 9.49. The molecule has 0 amide bonds. The number of amidine groups is 1. The highest BCUT2D eigenvalue weighted by Crippen LogP contribution is 2.19. The highest BCUT2D eigenvalue weighted by atomic mass is 35.5. The molecule has 1 rings (SSSR count). The molecule has 30 heavy (non-hydrogen) atoms. The maximum Gasteiger partial charge on any atom is 0.222 e. The van der Waals surface area contributed by atoms with Gasteiger partial charge in [-0.25, -0.2) is 4.99 Å². The van der Waals surface area contributed by atoms with Crippen LogP contribution in [0.15, 0.2) is 17.1 Å². The molecule has 1 unspecified atom stereocenters. The average Bonchev–Trinajstić information content (AvgIpc) is 3.13. The summed E-state index contributed by atoms with van der Waals surface area (Å²) in [5.74, 6) is 1.90. The van der Waals surface area contributed by atoms with Crippen LogP contribution in [0.5, 0.6) is 0 Å². The van der Waals surface area contributed by atoms with Crippen LogP contribution in [-0.2, 0) is 0 Å². The van der Waals surface area contributed by atoms with Crippen LogP contribution in [-0.4, -0.2) is 54.1 Å². The predicted molar refractivity (Wildman–Crippen MR) is 134 cm³/mol. The minimum atomic E-state index is 0.229. The van der Waals surface area contributed by atoms with E-state index >= 15 is 0 Å². The molecule has 0 aromatic rings. The predicted octanol–water partition coefficient (Wildman–Crippen LogP) is 7.26. The zero-order valence-corrected chi connectivity index (χ0v) is 20.7. The van der Waals surface area contributed by atoms with E-state index in [9.17, 15) is 5.11 Å². The van der Waals surface area contributed by atoms with Gasteiger partial charge in [0, 0.05) is 12.0 Å². The molecule has 0 aliphatic carbocycles. The molecular weight excluding hydrogens is 392 g/mol. The van der Waals surface area contributed by atoms with Crippen LogP contribution in [0.4, 0.5) is 0 Å². The van der Waals surface area contributed by atoms with Gasteiger partial charge in [0.05, 0.1) is 19.7 Å². The summed E-state index contributed by atoms with van der Waals surface area (Å²) in [6, 6.07) is 0. The molecule has 0 radical (unpaired) electrons. The van der Waals surface area contributed by atoms with E-state index in [-0.39, 0.29) is 6.61 Å². The quantitative estimate of drug-likeness (QED) is 0.113. The van der Waals surface area contributed by atoms with E-state index in [1.54, 1.807) is 0 Å². The van der Waals surface area contributed by atoms with Crippen LogP contribution in [0.1, 0.15) is 110 Å². The van der Waals surface area contributed by atoms with Crippen molar-refractivity contribution in [1.82, 2.24) is 0 Å². The van der Waals surface area contributed by atoms with Gasteiger partial charge in [-0.15, -0.1) is 11.6 Å². The topological polar surface area (TPSA) is 32.6 Å². The standard InChI is InChI=1S/C26H50ClN2O/c1-2-3-4-5-6-7-8-9-10-11-12-13-14-15-16-19-26-28-21-23-29(26,24-25-30)22-18-17-20-27/h16,19,30H,2-15,17-18,20-25H2,1H3/q+1/b19-16+. The number of allylic oxidation sites excluding steroid dienone is 1. The summed E-state index contributed by atoms with van der Waals surface area (Å²) in [4.78, 5) is 4.75. The lowest BCUT2D eigenvalue weighted by Gasteiger charge is -2.33. The minimum absolute atomic E-state index is 0.229. The third-order valence-corrected chi connectivity index (χ3v) is 6.79. The zero-order chi connectivity index (χ0) is 21.8. The lowest BCUT2D eigenvalue weighted by Crippen LogP contribution is -2.52. The molecular formula is C26H50ClN2O+. The van der Waals surface area contributed by atoms with Crippen molar-refractivity contribution in [3.8, 4) is 0 Å². The molecule has 4 heteroatoms. The SMILES string of the molecule is CCCCCCCCCCCCCCC/C=C/C1=NCC[N+]1(CCO)CCCCCl. The first kappa shape index (κ1) is 27.7. The van der Waals surface area contributed by atoms with E-state index in [4.69, 9.17) is 16.6 Å². The molecule has 1 atom stereocenters. The molecule has 0 aromatic carbocycles. The number of aliphatic imine (C=N–C) groups is 1. The maximum atomic E-state index is 9.55. The number of rotatable bonds is 21. The van der Waals surface area contributed by atoms with E-state index in [0.717, 1.165) is 55.8 Å². The lowest BCUT2D eigenvalue weighted by atomic mass is 10.0. The Morgan fingerprint density at radius 2 is 1.43 bits per heavy atom. The van der Waals surface area contributed by atoms with Crippen molar-refractivity contribution in [2.45, 2.75) is 110 Å². The summed E-state index contributed by atoms with van der Waals surface area (Å²) >= 11 is 5.85. The van der Waals surface area contributed by atoms with E-state index in [0.29, 0.717) is 0 Å². The smallest absolute Gasteiger partial charge is 0.222 e. The molecule has 0 fully saturated rings. The van der Waals surface area contributed by atoms with Crippen LogP contribution in [0.25, 0.3) is 0 Å². The van der Waals surface area contributed by atoms with Gasteiger partial charge in [0.1, 0.15) is 13.1 Å². The van der Waals surface area contributed by atoms with Gasteiger partial charge in [0.15, 0.2) is 0 Å². The minimum Gasteiger partial charge on any atom is -0.390 e. The molecule has 0 saturated heterocycles. The van der Waals surface area contributed by atoms with Gasteiger partial charge < -0.3 is 5.11 Å². The number of hydrogen-bond acceptors (Lipinski definition) is 2. The van der Waals surface area contributed by atoms with E-state index in [1.807, 2.05) is 0 Å². The molecule has 0 aromatic heterocycles. The second-order valence-electron chi connectivity index (χ2n) is 9.11. The normalized spacial score (nSPS) is 19.1. The fourth-order valence-corrected chi connectivity index (χ4v) is 4.75. The Morgan fingerprint density at radius 3 is 2.00 bits per heavy atom. The Kier molecular flexibility index (Phi) is 17.8. The van der Waals surface area contributed by atoms with Crippen LogP contribution >= 0.6 is 11.6 Å². The molecule has 0 saturated carbocycles. The highest BCUT2D eigenvalue weighted by molar-refractivity contribution is 6.17. The number of unbranched alkanes of at least 4 members (excludes halogenated alkanes) is 14. The molecule has 1 heterocycles.